The Morgan fingerprint density at radius 3 is 2.59 bits per heavy atom. The second-order valence-corrected chi connectivity index (χ2v) is 7.24. The Morgan fingerprint density at radius 1 is 1.18 bits per heavy atom. The summed E-state index contributed by atoms with van der Waals surface area (Å²) in [6.45, 7) is 11.2. The van der Waals surface area contributed by atoms with Crippen LogP contribution in [0.3, 0.4) is 0 Å². The van der Waals surface area contributed by atoms with Crippen LogP contribution in [0.1, 0.15) is 30.5 Å². The van der Waals surface area contributed by atoms with Crippen LogP contribution in [-0.2, 0) is 4.79 Å². The quantitative estimate of drug-likeness (QED) is 0.847. The fourth-order valence-electron chi connectivity index (χ4n) is 2.40. The zero-order chi connectivity index (χ0) is 16.3. The second-order valence-electron chi connectivity index (χ2n) is 6.24. The van der Waals surface area contributed by atoms with Gasteiger partial charge in [0.25, 0.3) is 0 Å². The lowest BCUT2D eigenvalue weighted by Crippen LogP contribution is -2.28. The molecule has 118 valence electrons. The maximum atomic E-state index is 11.8. The van der Waals surface area contributed by atoms with Crippen LogP contribution in [0.25, 0.3) is 10.9 Å². The van der Waals surface area contributed by atoms with Crippen molar-refractivity contribution in [1.82, 2.24) is 10.3 Å². The molecule has 0 fully saturated rings. The Bertz CT molecular complexity index is 695. The van der Waals surface area contributed by atoms with Gasteiger partial charge in [0.05, 0.1) is 16.3 Å². The summed E-state index contributed by atoms with van der Waals surface area (Å²) in [6, 6.07) is 6.40. The molecule has 2 rings (SSSR count). The van der Waals surface area contributed by atoms with E-state index in [4.69, 9.17) is 4.98 Å². The Labute approximate surface area is 136 Å². The van der Waals surface area contributed by atoms with E-state index in [-0.39, 0.29) is 5.91 Å². The van der Waals surface area contributed by atoms with E-state index < -0.39 is 0 Å². The predicted molar refractivity (Wildman–Crippen MR) is 94.5 cm³/mol. The topological polar surface area (TPSA) is 42.0 Å². The molecule has 0 radical (unpaired) electrons. The number of aromatic nitrogens is 1. The molecule has 0 bridgehead atoms. The van der Waals surface area contributed by atoms with E-state index >= 15 is 0 Å². The molecule has 1 heterocycles. The van der Waals surface area contributed by atoms with Gasteiger partial charge in [-0.2, -0.15) is 0 Å². The number of benzene rings is 1. The van der Waals surface area contributed by atoms with E-state index in [1.807, 2.05) is 0 Å². The number of hydrogen-bond acceptors (Lipinski definition) is 3. The summed E-state index contributed by atoms with van der Waals surface area (Å²) in [5, 5.41) is 5.05. The number of carbonyl (C=O) groups is 1. The Kier molecular flexibility index (Phi) is 5.46. The molecule has 2 aromatic rings. The van der Waals surface area contributed by atoms with Crippen LogP contribution < -0.4 is 5.32 Å². The number of pyridine rings is 1. The van der Waals surface area contributed by atoms with Crippen molar-refractivity contribution in [3.8, 4) is 0 Å². The molecule has 1 aromatic heterocycles. The van der Waals surface area contributed by atoms with Gasteiger partial charge in [0, 0.05) is 11.9 Å². The van der Waals surface area contributed by atoms with Gasteiger partial charge in [-0.15, -0.1) is 0 Å². The number of nitrogens with one attached hydrogen (secondary N) is 1. The molecule has 0 atom stereocenters. The van der Waals surface area contributed by atoms with E-state index in [1.165, 1.54) is 33.8 Å². The Hall–Kier alpha value is -1.55. The molecule has 0 aliphatic heterocycles. The first-order valence-corrected chi connectivity index (χ1v) is 8.63. The average Bonchev–Trinajstić information content (AvgIpc) is 2.44. The van der Waals surface area contributed by atoms with Crippen molar-refractivity contribution < 1.29 is 4.79 Å². The first kappa shape index (κ1) is 16.8. The van der Waals surface area contributed by atoms with Crippen molar-refractivity contribution >= 4 is 28.6 Å². The molecule has 0 aliphatic rings. The molecule has 1 N–H and O–H groups in total. The third kappa shape index (κ3) is 4.23. The maximum absolute atomic E-state index is 11.8. The Balaban J connectivity index is 2.14. The van der Waals surface area contributed by atoms with Gasteiger partial charge in [0.1, 0.15) is 0 Å². The van der Waals surface area contributed by atoms with E-state index in [9.17, 15) is 4.79 Å². The second kappa shape index (κ2) is 7.14. The number of rotatable bonds is 5. The van der Waals surface area contributed by atoms with E-state index in [2.05, 4.69) is 58.1 Å². The van der Waals surface area contributed by atoms with E-state index in [1.54, 1.807) is 0 Å². The largest absolute Gasteiger partial charge is 0.355 e. The molecule has 1 aromatic carbocycles. The normalized spacial score (nSPS) is 11.2. The SMILES string of the molecule is Cc1cc(C)c2nc(SCC(=O)NCC(C)C)cc(C)c2c1. The molecule has 0 aliphatic carbocycles. The van der Waals surface area contributed by atoms with Crippen LogP contribution in [0.5, 0.6) is 0 Å². The molecular weight excluding hydrogens is 292 g/mol. The van der Waals surface area contributed by atoms with Gasteiger partial charge in [-0.25, -0.2) is 4.98 Å². The predicted octanol–water partition coefficient (Wildman–Crippen LogP) is 4.02. The van der Waals surface area contributed by atoms with Crippen molar-refractivity contribution in [3.05, 3.63) is 34.9 Å². The summed E-state index contributed by atoms with van der Waals surface area (Å²) in [7, 11) is 0. The van der Waals surface area contributed by atoms with Crippen LogP contribution in [0.15, 0.2) is 23.2 Å². The van der Waals surface area contributed by atoms with Gasteiger partial charge in [-0.3, -0.25) is 4.79 Å². The van der Waals surface area contributed by atoms with Crippen molar-refractivity contribution in [2.24, 2.45) is 5.92 Å². The minimum Gasteiger partial charge on any atom is -0.355 e. The zero-order valence-electron chi connectivity index (χ0n) is 14.0. The average molecular weight is 316 g/mol. The molecule has 1 amide bonds. The lowest BCUT2D eigenvalue weighted by Gasteiger charge is -2.10. The molecule has 0 unspecified atom stereocenters. The molecule has 3 nitrogen and oxygen atoms in total. The van der Waals surface area contributed by atoms with Gasteiger partial charge in [0.2, 0.25) is 5.91 Å². The van der Waals surface area contributed by atoms with Gasteiger partial charge in [-0.1, -0.05) is 37.2 Å². The monoisotopic (exact) mass is 316 g/mol. The van der Waals surface area contributed by atoms with Gasteiger partial charge in [-0.05, 0) is 49.9 Å². The van der Waals surface area contributed by atoms with Crippen molar-refractivity contribution in [2.75, 3.05) is 12.3 Å². The summed E-state index contributed by atoms with van der Waals surface area (Å²) in [6.07, 6.45) is 0. The highest BCUT2D eigenvalue weighted by Gasteiger charge is 2.09. The summed E-state index contributed by atoms with van der Waals surface area (Å²) in [5.74, 6) is 0.954. The fraction of sp³-hybridized carbons (Fsp3) is 0.444. The highest BCUT2D eigenvalue weighted by Crippen LogP contribution is 2.26. The number of carbonyl (C=O) groups excluding carboxylic acids is 1. The molecule has 0 spiro atoms. The van der Waals surface area contributed by atoms with Gasteiger partial charge >= 0.3 is 0 Å². The first-order valence-electron chi connectivity index (χ1n) is 7.65. The summed E-state index contributed by atoms with van der Waals surface area (Å²) in [4.78, 5) is 16.5. The molecular formula is C18H24N2OS. The smallest absolute Gasteiger partial charge is 0.230 e. The standard InChI is InChI=1S/C18H24N2OS/c1-11(2)9-19-16(21)10-22-17-8-13(4)15-7-12(3)6-14(5)18(15)20-17/h6-8,11H,9-10H2,1-5H3,(H,19,21). The number of fused-ring (bicyclic) bond motifs is 1. The van der Waals surface area contributed by atoms with Crippen molar-refractivity contribution in [2.45, 2.75) is 39.6 Å². The molecule has 0 saturated carbocycles. The van der Waals surface area contributed by atoms with Crippen LogP contribution in [0.2, 0.25) is 0 Å². The van der Waals surface area contributed by atoms with Crippen molar-refractivity contribution in [3.63, 3.8) is 0 Å². The first-order chi connectivity index (χ1) is 10.4. The number of aryl methyl sites for hydroxylation is 3. The maximum Gasteiger partial charge on any atom is 0.230 e. The fourth-order valence-corrected chi connectivity index (χ4v) is 3.19. The van der Waals surface area contributed by atoms with Crippen LogP contribution in [-0.4, -0.2) is 23.2 Å². The Morgan fingerprint density at radius 2 is 1.91 bits per heavy atom. The third-order valence-electron chi connectivity index (χ3n) is 3.49. The van der Waals surface area contributed by atoms with Gasteiger partial charge in [0.15, 0.2) is 0 Å². The third-order valence-corrected chi connectivity index (χ3v) is 4.40. The number of amides is 1. The molecule has 0 saturated heterocycles. The van der Waals surface area contributed by atoms with Crippen LogP contribution in [0.4, 0.5) is 0 Å². The lowest BCUT2D eigenvalue weighted by atomic mass is 10.0. The highest BCUT2D eigenvalue weighted by molar-refractivity contribution is 7.99. The number of hydrogen-bond donors (Lipinski definition) is 1. The van der Waals surface area contributed by atoms with Crippen molar-refractivity contribution in [1.29, 1.82) is 0 Å². The lowest BCUT2D eigenvalue weighted by molar-refractivity contribution is -0.118. The van der Waals surface area contributed by atoms with Crippen LogP contribution >= 0.6 is 11.8 Å². The summed E-state index contributed by atoms with van der Waals surface area (Å²) in [5.41, 5.74) is 4.69. The van der Waals surface area contributed by atoms with Crippen LogP contribution in [0, 0.1) is 26.7 Å². The van der Waals surface area contributed by atoms with E-state index in [0.717, 1.165) is 17.1 Å². The van der Waals surface area contributed by atoms with E-state index in [0.29, 0.717) is 11.7 Å². The number of thioether (sulfide) groups is 1. The summed E-state index contributed by atoms with van der Waals surface area (Å²) < 4.78 is 0. The number of nitrogens with zero attached hydrogens (tertiary/aromatic N) is 1. The minimum absolute atomic E-state index is 0.0684. The summed E-state index contributed by atoms with van der Waals surface area (Å²) >= 11 is 1.50. The minimum atomic E-state index is 0.0684. The highest BCUT2D eigenvalue weighted by atomic mass is 32.2. The van der Waals surface area contributed by atoms with Gasteiger partial charge < -0.3 is 5.32 Å². The zero-order valence-corrected chi connectivity index (χ0v) is 14.8. The molecule has 22 heavy (non-hydrogen) atoms. The molecule has 4 heteroatoms.